The van der Waals surface area contributed by atoms with Crippen LogP contribution in [0.4, 0.5) is 0 Å². The van der Waals surface area contributed by atoms with Crippen molar-refractivity contribution in [2.45, 2.75) is 52.5 Å². The lowest BCUT2D eigenvalue weighted by Gasteiger charge is -2.11. The van der Waals surface area contributed by atoms with Crippen LogP contribution in [-0.4, -0.2) is 45.7 Å². The Morgan fingerprint density at radius 3 is 2.49 bits per heavy atom. The first kappa shape index (κ1) is 24.3. The molecular formula is C28H30N8O. The zero-order chi connectivity index (χ0) is 25.6. The number of hydrogen-bond donors (Lipinski definition) is 1. The number of carbonyl (C=O) groups is 1. The van der Waals surface area contributed by atoms with E-state index in [1.54, 1.807) is 0 Å². The second-order valence-electron chi connectivity index (χ2n) is 9.00. The summed E-state index contributed by atoms with van der Waals surface area (Å²) in [5, 5.41) is 19.4. The number of H-pyrrole nitrogens is 1. The van der Waals surface area contributed by atoms with Crippen molar-refractivity contribution in [1.29, 1.82) is 0 Å². The van der Waals surface area contributed by atoms with Crippen LogP contribution in [0.5, 0.6) is 0 Å². The van der Waals surface area contributed by atoms with E-state index in [9.17, 15) is 4.79 Å². The van der Waals surface area contributed by atoms with Crippen molar-refractivity contribution in [3.8, 4) is 28.3 Å². The van der Waals surface area contributed by atoms with E-state index >= 15 is 0 Å². The van der Waals surface area contributed by atoms with Gasteiger partial charge in [0.2, 0.25) is 17.4 Å². The third-order valence-electron chi connectivity index (χ3n) is 6.30. The van der Waals surface area contributed by atoms with Gasteiger partial charge in [-0.05, 0) is 47.4 Å². The zero-order valence-electron chi connectivity index (χ0n) is 21.1. The molecule has 37 heavy (non-hydrogen) atoms. The van der Waals surface area contributed by atoms with Crippen LogP contribution in [0.15, 0.2) is 66.9 Å². The summed E-state index contributed by atoms with van der Waals surface area (Å²) in [4.78, 5) is 17.0. The van der Waals surface area contributed by atoms with Gasteiger partial charge in [-0.15, -0.1) is 15.3 Å². The van der Waals surface area contributed by atoms with Crippen LogP contribution in [0.2, 0.25) is 0 Å². The SMILES string of the molecule is CCCCc1nc(C(=O)CCC)nn1Cc1ccc(-n2ccc(-c3ccccc3)c2-c2nn[nH]n2)cc1. The average Bonchev–Trinajstić information content (AvgIpc) is 3.68. The molecule has 3 aromatic heterocycles. The van der Waals surface area contributed by atoms with E-state index in [2.05, 4.69) is 84.7 Å². The number of unbranched alkanes of at least 4 members (excludes halogenated alkanes) is 1. The van der Waals surface area contributed by atoms with Crippen LogP contribution in [0.1, 0.15) is 61.5 Å². The van der Waals surface area contributed by atoms with Gasteiger partial charge >= 0.3 is 0 Å². The Hall–Kier alpha value is -4.40. The van der Waals surface area contributed by atoms with Gasteiger partial charge in [-0.3, -0.25) is 4.79 Å². The number of aromatic amines is 1. The second kappa shape index (κ2) is 11.1. The molecule has 0 spiro atoms. The van der Waals surface area contributed by atoms with Crippen molar-refractivity contribution in [1.82, 2.24) is 40.0 Å². The lowest BCUT2D eigenvalue weighted by Crippen LogP contribution is -2.08. The second-order valence-corrected chi connectivity index (χ2v) is 9.00. The maximum Gasteiger partial charge on any atom is 0.221 e. The van der Waals surface area contributed by atoms with Crippen molar-refractivity contribution in [3.05, 3.63) is 84.1 Å². The topological polar surface area (TPSA) is 107 Å². The molecule has 3 heterocycles. The summed E-state index contributed by atoms with van der Waals surface area (Å²) in [6.07, 6.45) is 6.15. The molecule has 5 rings (SSSR count). The van der Waals surface area contributed by atoms with Gasteiger partial charge in [0.15, 0.2) is 0 Å². The molecular weight excluding hydrogens is 464 g/mol. The number of Topliss-reactive ketones (excluding diaryl/α,β-unsaturated/α-hetero) is 1. The number of hydrogen-bond acceptors (Lipinski definition) is 6. The maximum atomic E-state index is 12.4. The highest BCUT2D eigenvalue weighted by molar-refractivity contribution is 5.92. The lowest BCUT2D eigenvalue weighted by molar-refractivity contribution is 0.0971. The Balaban J connectivity index is 1.44. The molecule has 0 radical (unpaired) electrons. The van der Waals surface area contributed by atoms with E-state index in [4.69, 9.17) is 0 Å². The first-order valence-corrected chi connectivity index (χ1v) is 12.7. The molecule has 0 unspecified atom stereocenters. The highest BCUT2D eigenvalue weighted by atomic mass is 16.1. The van der Waals surface area contributed by atoms with Crippen molar-refractivity contribution in [3.63, 3.8) is 0 Å². The van der Waals surface area contributed by atoms with Gasteiger partial charge in [0.05, 0.1) is 6.54 Å². The number of ketones is 1. The van der Waals surface area contributed by atoms with Crippen LogP contribution in [0.25, 0.3) is 28.3 Å². The van der Waals surface area contributed by atoms with Crippen LogP contribution in [0, 0.1) is 0 Å². The summed E-state index contributed by atoms with van der Waals surface area (Å²) in [5.74, 6) is 1.73. The van der Waals surface area contributed by atoms with Crippen LogP contribution in [0.3, 0.4) is 0 Å². The number of tetrazole rings is 1. The summed E-state index contributed by atoms with van der Waals surface area (Å²) in [6, 6.07) is 20.5. The number of nitrogens with one attached hydrogen (secondary N) is 1. The molecule has 0 aliphatic rings. The molecule has 2 aromatic carbocycles. The molecule has 0 amide bonds. The van der Waals surface area contributed by atoms with Crippen molar-refractivity contribution < 1.29 is 4.79 Å². The Morgan fingerprint density at radius 2 is 1.78 bits per heavy atom. The number of aromatic nitrogens is 8. The molecule has 0 aliphatic carbocycles. The minimum Gasteiger partial charge on any atom is -0.313 e. The molecule has 0 saturated carbocycles. The van der Waals surface area contributed by atoms with E-state index in [1.807, 2.05) is 36.0 Å². The lowest BCUT2D eigenvalue weighted by atomic mass is 10.1. The Morgan fingerprint density at radius 1 is 0.973 bits per heavy atom. The quantitative estimate of drug-likeness (QED) is 0.250. The van der Waals surface area contributed by atoms with E-state index in [-0.39, 0.29) is 5.78 Å². The first-order valence-electron chi connectivity index (χ1n) is 12.7. The number of nitrogens with zero attached hydrogens (tertiary/aromatic N) is 7. The number of aryl methyl sites for hydroxylation is 1. The third kappa shape index (κ3) is 5.25. The Kier molecular flexibility index (Phi) is 7.30. The molecule has 1 N–H and O–H groups in total. The van der Waals surface area contributed by atoms with Crippen molar-refractivity contribution in [2.24, 2.45) is 0 Å². The minimum atomic E-state index is 0.00479. The molecule has 9 nitrogen and oxygen atoms in total. The Labute approximate surface area is 215 Å². The van der Waals surface area contributed by atoms with E-state index in [1.165, 1.54) is 0 Å². The third-order valence-corrected chi connectivity index (χ3v) is 6.30. The van der Waals surface area contributed by atoms with Gasteiger partial charge in [0.1, 0.15) is 11.5 Å². The fraction of sp³-hybridized carbons (Fsp3) is 0.286. The van der Waals surface area contributed by atoms with Crippen LogP contribution in [-0.2, 0) is 13.0 Å². The Bertz CT molecular complexity index is 1450. The zero-order valence-corrected chi connectivity index (χ0v) is 21.1. The fourth-order valence-electron chi connectivity index (χ4n) is 4.40. The molecule has 0 saturated heterocycles. The van der Waals surface area contributed by atoms with Crippen molar-refractivity contribution in [2.75, 3.05) is 0 Å². The first-order chi connectivity index (χ1) is 18.2. The highest BCUT2D eigenvalue weighted by Gasteiger charge is 2.19. The summed E-state index contributed by atoms with van der Waals surface area (Å²) in [6.45, 7) is 4.70. The smallest absolute Gasteiger partial charge is 0.221 e. The predicted octanol–water partition coefficient (Wildman–Crippen LogP) is 5.29. The van der Waals surface area contributed by atoms with E-state index < -0.39 is 0 Å². The van der Waals surface area contributed by atoms with Crippen molar-refractivity contribution >= 4 is 5.78 Å². The summed E-state index contributed by atoms with van der Waals surface area (Å²) < 4.78 is 3.95. The normalized spacial score (nSPS) is 11.2. The molecule has 0 aliphatic heterocycles. The van der Waals surface area contributed by atoms with Crippen LogP contribution >= 0.6 is 0 Å². The fourth-order valence-corrected chi connectivity index (χ4v) is 4.40. The standard InChI is InChI=1S/C28H30N8O/c1-3-5-12-25-29-27(24(37)9-4-2)32-36(25)19-20-13-15-22(16-14-20)35-18-17-23(21-10-7-6-8-11-21)26(35)28-30-33-34-31-28/h6-8,10-11,13-18H,3-5,9,12,19H2,1-2H3,(H,30,31,33,34). The minimum absolute atomic E-state index is 0.00479. The van der Waals surface area contributed by atoms with Gasteiger partial charge in [0, 0.05) is 30.3 Å². The van der Waals surface area contributed by atoms with Gasteiger partial charge < -0.3 is 4.57 Å². The number of benzene rings is 2. The molecule has 9 heteroatoms. The summed E-state index contributed by atoms with van der Waals surface area (Å²) in [7, 11) is 0. The number of rotatable bonds is 11. The molecule has 188 valence electrons. The molecule has 5 aromatic rings. The summed E-state index contributed by atoms with van der Waals surface area (Å²) in [5.41, 5.74) is 5.03. The van der Waals surface area contributed by atoms with Gasteiger partial charge in [-0.1, -0.05) is 62.7 Å². The van der Waals surface area contributed by atoms with Gasteiger partial charge in [-0.25, -0.2) is 9.67 Å². The monoisotopic (exact) mass is 494 g/mol. The highest BCUT2D eigenvalue weighted by Crippen LogP contribution is 2.33. The largest absolute Gasteiger partial charge is 0.313 e. The molecule has 0 atom stereocenters. The van der Waals surface area contributed by atoms with E-state index in [0.717, 1.165) is 59.6 Å². The molecule has 0 fully saturated rings. The van der Waals surface area contributed by atoms with Crippen LogP contribution < -0.4 is 0 Å². The van der Waals surface area contributed by atoms with Gasteiger partial charge in [-0.2, -0.15) is 5.21 Å². The van der Waals surface area contributed by atoms with Gasteiger partial charge in [0.25, 0.3) is 0 Å². The van der Waals surface area contributed by atoms with E-state index in [0.29, 0.717) is 24.6 Å². The number of carbonyl (C=O) groups excluding carboxylic acids is 1. The summed E-state index contributed by atoms with van der Waals surface area (Å²) >= 11 is 0. The maximum absolute atomic E-state index is 12.4. The predicted molar refractivity (Wildman–Crippen MR) is 141 cm³/mol. The average molecular weight is 495 g/mol. The molecule has 0 bridgehead atoms.